The number of nitrogens with zero attached hydrogens (tertiary/aromatic N) is 2. The van der Waals surface area contributed by atoms with Gasteiger partial charge in [-0.2, -0.15) is 0 Å². The Kier molecular flexibility index (Phi) is 3.77. The molecule has 0 aliphatic rings. The molecule has 1 aromatic carbocycles. The van der Waals surface area contributed by atoms with E-state index in [0.29, 0.717) is 16.5 Å². The summed E-state index contributed by atoms with van der Waals surface area (Å²) in [7, 11) is 0. The molecular weight excluding hydrogens is 402 g/mol. The number of pyridine rings is 1. The van der Waals surface area contributed by atoms with Crippen molar-refractivity contribution in [1.29, 1.82) is 0 Å². The summed E-state index contributed by atoms with van der Waals surface area (Å²) < 4.78 is 3.18. The van der Waals surface area contributed by atoms with E-state index >= 15 is 0 Å². The largest absolute Gasteiger partial charge is 0.329 e. The quantitative estimate of drug-likeness (QED) is 0.706. The molecule has 2 aromatic heterocycles. The second kappa shape index (κ2) is 5.57. The van der Waals surface area contributed by atoms with Crippen LogP contribution < -0.4 is 11.2 Å². The first-order valence-corrected chi connectivity index (χ1v) is 7.66. The van der Waals surface area contributed by atoms with E-state index in [0.717, 1.165) is 10.0 Å². The minimum atomic E-state index is -0.477. The van der Waals surface area contributed by atoms with Gasteiger partial charge >= 0.3 is 5.69 Å². The highest BCUT2D eigenvalue weighted by molar-refractivity contribution is 9.10. The van der Waals surface area contributed by atoms with Crippen LogP contribution >= 0.6 is 31.9 Å². The summed E-state index contributed by atoms with van der Waals surface area (Å²) in [5.41, 5.74) is 0.773. The number of benzene rings is 1. The normalized spacial score (nSPS) is 11.0. The van der Waals surface area contributed by atoms with Crippen LogP contribution in [0.2, 0.25) is 0 Å². The zero-order valence-corrected chi connectivity index (χ0v) is 13.8. The predicted molar refractivity (Wildman–Crippen MR) is 87.6 cm³/mol. The van der Waals surface area contributed by atoms with Crippen LogP contribution in [0.3, 0.4) is 0 Å². The molecule has 0 amide bonds. The van der Waals surface area contributed by atoms with Crippen LogP contribution in [0.4, 0.5) is 0 Å². The molecule has 0 unspecified atom stereocenters. The lowest BCUT2D eigenvalue weighted by atomic mass is 10.2. The Balaban J connectivity index is 2.21. The van der Waals surface area contributed by atoms with Crippen LogP contribution in [0.5, 0.6) is 0 Å². The Hall–Kier alpha value is -1.73. The van der Waals surface area contributed by atoms with Gasteiger partial charge in [-0.1, -0.05) is 28.1 Å². The first-order valence-electron chi connectivity index (χ1n) is 6.07. The van der Waals surface area contributed by atoms with Crippen molar-refractivity contribution in [2.24, 2.45) is 0 Å². The predicted octanol–water partition coefficient (Wildman–Crippen LogP) is 2.66. The van der Waals surface area contributed by atoms with Gasteiger partial charge in [-0.05, 0) is 39.7 Å². The summed E-state index contributed by atoms with van der Waals surface area (Å²) in [6.45, 7) is 0.359. The summed E-state index contributed by atoms with van der Waals surface area (Å²) in [6.07, 6.45) is 1.53. The average Bonchev–Trinajstić information content (AvgIpc) is 2.45. The first-order chi connectivity index (χ1) is 10.0. The van der Waals surface area contributed by atoms with E-state index in [1.807, 2.05) is 24.3 Å². The van der Waals surface area contributed by atoms with Crippen molar-refractivity contribution in [1.82, 2.24) is 14.5 Å². The van der Waals surface area contributed by atoms with E-state index in [2.05, 4.69) is 41.8 Å². The van der Waals surface area contributed by atoms with Crippen molar-refractivity contribution in [2.75, 3.05) is 0 Å². The van der Waals surface area contributed by atoms with Crippen molar-refractivity contribution in [3.8, 4) is 0 Å². The summed E-state index contributed by atoms with van der Waals surface area (Å²) in [4.78, 5) is 30.3. The zero-order valence-electron chi connectivity index (χ0n) is 10.6. The molecule has 0 aliphatic heterocycles. The van der Waals surface area contributed by atoms with Crippen molar-refractivity contribution in [3.05, 3.63) is 71.9 Å². The van der Waals surface area contributed by atoms with Crippen LogP contribution in [-0.4, -0.2) is 14.5 Å². The number of aromatic amines is 1. The van der Waals surface area contributed by atoms with Gasteiger partial charge in [-0.25, -0.2) is 9.78 Å². The molecular formula is C14H9Br2N3O2. The maximum Gasteiger partial charge on any atom is 0.329 e. The third-order valence-corrected chi connectivity index (χ3v) is 4.02. The van der Waals surface area contributed by atoms with Crippen molar-refractivity contribution >= 4 is 42.9 Å². The summed E-state index contributed by atoms with van der Waals surface area (Å²) in [5.74, 6) is 0. The molecule has 2 heterocycles. The number of nitrogens with one attached hydrogen (secondary N) is 1. The molecule has 21 heavy (non-hydrogen) atoms. The Morgan fingerprint density at radius 1 is 1.10 bits per heavy atom. The van der Waals surface area contributed by atoms with Crippen LogP contribution in [0.25, 0.3) is 11.0 Å². The SMILES string of the molecule is O=c1[nH]c(=O)n(Cc2ccc(Br)cc2)c2cc(Br)cnc12. The fourth-order valence-corrected chi connectivity index (χ4v) is 2.66. The van der Waals surface area contributed by atoms with Gasteiger partial charge in [0.05, 0.1) is 12.1 Å². The highest BCUT2D eigenvalue weighted by atomic mass is 79.9. The van der Waals surface area contributed by atoms with Gasteiger partial charge in [0.2, 0.25) is 0 Å². The number of hydrogen-bond acceptors (Lipinski definition) is 3. The molecule has 106 valence electrons. The van der Waals surface area contributed by atoms with Gasteiger partial charge in [-0.3, -0.25) is 14.3 Å². The van der Waals surface area contributed by atoms with Gasteiger partial charge in [0.15, 0.2) is 5.52 Å². The van der Waals surface area contributed by atoms with E-state index in [1.54, 1.807) is 6.07 Å². The van der Waals surface area contributed by atoms with Gasteiger partial charge in [0, 0.05) is 15.1 Å². The molecule has 3 rings (SSSR count). The number of halogens is 2. The van der Waals surface area contributed by atoms with Crippen LogP contribution in [0.15, 0.2) is 55.1 Å². The summed E-state index contributed by atoms with van der Waals surface area (Å²) >= 11 is 6.69. The fourth-order valence-electron chi connectivity index (χ4n) is 2.07. The lowest BCUT2D eigenvalue weighted by Crippen LogP contribution is -2.31. The van der Waals surface area contributed by atoms with Gasteiger partial charge in [-0.15, -0.1) is 0 Å². The molecule has 0 bridgehead atoms. The number of aromatic nitrogens is 3. The van der Waals surface area contributed by atoms with Crippen molar-refractivity contribution in [2.45, 2.75) is 6.54 Å². The smallest absolute Gasteiger partial charge is 0.287 e. The topological polar surface area (TPSA) is 67.8 Å². The molecule has 3 aromatic rings. The van der Waals surface area contributed by atoms with Gasteiger partial charge in [0.1, 0.15) is 0 Å². The molecule has 1 N–H and O–H groups in total. The molecule has 5 nitrogen and oxygen atoms in total. The number of rotatable bonds is 2. The molecule has 0 saturated heterocycles. The lowest BCUT2D eigenvalue weighted by Gasteiger charge is -2.09. The minimum absolute atomic E-state index is 0.245. The van der Waals surface area contributed by atoms with E-state index in [1.165, 1.54) is 10.8 Å². The first kappa shape index (κ1) is 14.2. The highest BCUT2D eigenvalue weighted by Crippen LogP contribution is 2.15. The standard InChI is InChI=1S/C14H9Br2N3O2/c15-9-3-1-8(2-4-9)7-19-11-5-10(16)6-17-12(11)13(20)18-14(19)21/h1-6H,7H2,(H,18,20,21). The van der Waals surface area contributed by atoms with E-state index in [4.69, 9.17) is 0 Å². The Morgan fingerprint density at radius 3 is 2.52 bits per heavy atom. The van der Waals surface area contributed by atoms with E-state index < -0.39 is 11.2 Å². The van der Waals surface area contributed by atoms with Crippen LogP contribution in [0.1, 0.15) is 5.56 Å². The molecule has 0 atom stereocenters. The second-order valence-electron chi connectivity index (χ2n) is 4.49. The molecule has 0 saturated carbocycles. The van der Waals surface area contributed by atoms with E-state index in [9.17, 15) is 9.59 Å². The van der Waals surface area contributed by atoms with Crippen molar-refractivity contribution in [3.63, 3.8) is 0 Å². The molecule has 7 heteroatoms. The average molecular weight is 411 g/mol. The number of fused-ring (bicyclic) bond motifs is 1. The lowest BCUT2D eigenvalue weighted by molar-refractivity contribution is 0.754. The minimum Gasteiger partial charge on any atom is -0.287 e. The maximum absolute atomic E-state index is 12.1. The summed E-state index contributed by atoms with van der Waals surface area (Å²) in [5, 5.41) is 0. The molecule has 0 aliphatic carbocycles. The molecule has 0 fully saturated rings. The Bertz CT molecular complexity index is 930. The number of hydrogen-bond donors (Lipinski definition) is 1. The van der Waals surface area contributed by atoms with E-state index in [-0.39, 0.29) is 5.52 Å². The molecule has 0 spiro atoms. The molecule has 0 radical (unpaired) electrons. The third-order valence-electron chi connectivity index (χ3n) is 3.06. The summed E-state index contributed by atoms with van der Waals surface area (Å²) in [6, 6.07) is 9.36. The van der Waals surface area contributed by atoms with Gasteiger partial charge in [0.25, 0.3) is 5.56 Å². The van der Waals surface area contributed by atoms with Crippen LogP contribution in [-0.2, 0) is 6.54 Å². The Labute approximate surface area is 135 Å². The van der Waals surface area contributed by atoms with Crippen LogP contribution in [0, 0.1) is 0 Å². The van der Waals surface area contributed by atoms with Crippen molar-refractivity contribution < 1.29 is 0 Å². The third kappa shape index (κ3) is 2.84. The Morgan fingerprint density at radius 2 is 1.81 bits per heavy atom. The second-order valence-corrected chi connectivity index (χ2v) is 6.32. The fraction of sp³-hybridized carbons (Fsp3) is 0.0714. The monoisotopic (exact) mass is 409 g/mol. The zero-order chi connectivity index (χ0) is 15.0. The number of H-pyrrole nitrogens is 1. The van der Waals surface area contributed by atoms with Gasteiger partial charge < -0.3 is 0 Å². The highest BCUT2D eigenvalue weighted by Gasteiger charge is 2.09. The maximum atomic E-state index is 12.1.